The number of nitrogens with zero attached hydrogens (tertiary/aromatic N) is 4. The minimum Gasteiger partial charge on any atom is -0.455 e. The van der Waals surface area contributed by atoms with Gasteiger partial charge in [0.05, 0.1) is 17.3 Å². The molecule has 0 aromatic carbocycles. The van der Waals surface area contributed by atoms with Crippen molar-refractivity contribution in [2.75, 3.05) is 19.7 Å². The van der Waals surface area contributed by atoms with Gasteiger partial charge in [-0.1, -0.05) is 13.0 Å². The maximum absolute atomic E-state index is 12.6. The Kier molecular flexibility index (Phi) is 7.20. The molecule has 1 aliphatic rings. The fourth-order valence-corrected chi connectivity index (χ4v) is 3.92. The molecule has 1 unspecified atom stereocenters. The number of aromatic nitrogens is 2. The lowest BCUT2D eigenvalue weighted by Crippen LogP contribution is -2.36. The van der Waals surface area contributed by atoms with Crippen molar-refractivity contribution in [1.29, 1.82) is 0 Å². The van der Waals surface area contributed by atoms with Gasteiger partial charge in [0.1, 0.15) is 0 Å². The number of hydrogen-bond donors (Lipinski definition) is 0. The molecule has 0 N–H and O–H groups in total. The predicted molar refractivity (Wildman–Crippen MR) is 109 cm³/mol. The molecule has 1 saturated heterocycles. The van der Waals surface area contributed by atoms with E-state index in [2.05, 4.69) is 10.2 Å². The number of esters is 1. The fraction of sp³-hybridized carbons (Fsp3) is 0.550. The minimum atomic E-state index is -0.531. The van der Waals surface area contributed by atoms with E-state index in [0.29, 0.717) is 24.9 Å². The molecule has 9 nitrogen and oxygen atoms in total. The fourth-order valence-electron chi connectivity index (χ4n) is 3.27. The van der Waals surface area contributed by atoms with Crippen LogP contribution in [0.5, 0.6) is 0 Å². The lowest BCUT2D eigenvalue weighted by molar-refractivity contribution is -0.155. The number of carbonyl (C=O) groups is 3. The molecular formula is C20H26N4O5S. The lowest BCUT2D eigenvalue weighted by atomic mass is 10.1. The molecule has 0 bridgehead atoms. The van der Waals surface area contributed by atoms with Gasteiger partial charge in [-0.25, -0.2) is 0 Å². The number of likely N-dealkylation sites (tertiary alicyclic amines) is 1. The van der Waals surface area contributed by atoms with E-state index in [4.69, 9.17) is 9.15 Å². The van der Waals surface area contributed by atoms with Crippen molar-refractivity contribution in [3.05, 3.63) is 23.4 Å². The van der Waals surface area contributed by atoms with E-state index in [1.807, 2.05) is 38.3 Å². The van der Waals surface area contributed by atoms with Gasteiger partial charge in [-0.05, 0) is 31.7 Å². The number of amides is 2. The third kappa shape index (κ3) is 5.24. The number of rotatable bonds is 9. The van der Waals surface area contributed by atoms with Crippen LogP contribution in [0, 0.1) is 5.92 Å². The number of carbonyl (C=O) groups excluding carboxylic acids is 3. The summed E-state index contributed by atoms with van der Waals surface area (Å²) in [6.07, 6.45) is 0.851. The zero-order valence-corrected chi connectivity index (χ0v) is 18.2. The van der Waals surface area contributed by atoms with Crippen molar-refractivity contribution < 1.29 is 23.5 Å². The van der Waals surface area contributed by atoms with E-state index in [1.165, 1.54) is 16.2 Å². The molecular weight excluding hydrogens is 408 g/mol. The second-order valence-electron chi connectivity index (χ2n) is 7.44. The van der Waals surface area contributed by atoms with Crippen molar-refractivity contribution in [2.45, 2.75) is 46.2 Å². The smallest absolute Gasteiger partial charge is 0.311 e. The van der Waals surface area contributed by atoms with E-state index in [1.54, 1.807) is 4.90 Å². The second kappa shape index (κ2) is 9.84. The first-order chi connectivity index (χ1) is 14.4. The Balaban J connectivity index is 1.54. The van der Waals surface area contributed by atoms with Crippen LogP contribution in [0.25, 0.3) is 10.8 Å². The van der Waals surface area contributed by atoms with Crippen LogP contribution in [0.4, 0.5) is 0 Å². The van der Waals surface area contributed by atoms with Crippen LogP contribution in [0.2, 0.25) is 0 Å². The second-order valence-corrected chi connectivity index (χ2v) is 8.39. The molecule has 1 atom stereocenters. The molecule has 2 aromatic heterocycles. The molecule has 1 aliphatic heterocycles. The van der Waals surface area contributed by atoms with Gasteiger partial charge in [-0.3, -0.25) is 14.4 Å². The maximum Gasteiger partial charge on any atom is 0.311 e. The highest BCUT2D eigenvalue weighted by Gasteiger charge is 2.36. The Labute approximate surface area is 179 Å². The predicted octanol–water partition coefficient (Wildman–Crippen LogP) is 2.34. The first-order valence-corrected chi connectivity index (χ1v) is 10.9. The topological polar surface area (TPSA) is 106 Å². The van der Waals surface area contributed by atoms with Crippen molar-refractivity contribution in [3.63, 3.8) is 0 Å². The van der Waals surface area contributed by atoms with E-state index < -0.39 is 11.9 Å². The van der Waals surface area contributed by atoms with Crippen LogP contribution in [-0.2, 0) is 25.7 Å². The molecule has 0 spiro atoms. The highest BCUT2D eigenvalue weighted by atomic mass is 32.1. The zero-order chi connectivity index (χ0) is 21.7. The summed E-state index contributed by atoms with van der Waals surface area (Å²) in [5, 5.41) is 9.95. The van der Waals surface area contributed by atoms with Crippen LogP contribution in [0.1, 0.15) is 39.5 Å². The Morgan fingerprint density at radius 3 is 2.83 bits per heavy atom. The summed E-state index contributed by atoms with van der Waals surface area (Å²) < 4.78 is 10.9. The average molecular weight is 435 g/mol. The van der Waals surface area contributed by atoms with Gasteiger partial charge in [0, 0.05) is 25.6 Å². The zero-order valence-electron chi connectivity index (χ0n) is 17.4. The van der Waals surface area contributed by atoms with Gasteiger partial charge in [0.25, 0.3) is 11.8 Å². The highest BCUT2D eigenvalue weighted by molar-refractivity contribution is 7.13. The van der Waals surface area contributed by atoms with Gasteiger partial charge in [-0.2, -0.15) is 0 Å². The summed E-state index contributed by atoms with van der Waals surface area (Å²) in [6, 6.07) is 3.80. The van der Waals surface area contributed by atoms with Gasteiger partial charge in [-0.15, -0.1) is 21.5 Å². The van der Waals surface area contributed by atoms with Gasteiger partial charge in [0.2, 0.25) is 11.8 Å². The summed E-state index contributed by atoms with van der Waals surface area (Å²) in [7, 11) is 0. The lowest BCUT2D eigenvalue weighted by Gasteiger charge is -2.21. The minimum absolute atomic E-state index is 0.0328. The largest absolute Gasteiger partial charge is 0.455 e. The molecule has 10 heteroatoms. The Bertz CT molecular complexity index is 880. The molecule has 2 aromatic rings. The molecule has 0 radical (unpaired) electrons. The standard InChI is InChI=1S/C20H26N4O5S/c1-4-7-23(11-16-21-22-19(29-16)15-6-5-8-30-15)18(26)12-28-20(27)14-9-17(25)24(10-14)13(2)3/h5-6,8,13-14H,4,7,9-12H2,1-3H3. The van der Waals surface area contributed by atoms with Crippen molar-refractivity contribution >= 4 is 29.1 Å². The van der Waals surface area contributed by atoms with Crippen molar-refractivity contribution in [2.24, 2.45) is 5.92 Å². The molecule has 1 fully saturated rings. The van der Waals surface area contributed by atoms with E-state index in [0.717, 1.165) is 11.3 Å². The van der Waals surface area contributed by atoms with E-state index >= 15 is 0 Å². The van der Waals surface area contributed by atoms with Gasteiger partial charge < -0.3 is 19.0 Å². The molecule has 0 aliphatic carbocycles. The van der Waals surface area contributed by atoms with Crippen molar-refractivity contribution in [3.8, 4) is 10.8 Å². The van der Waals surface area contributed by atoms with Gasteiger partial charge >= 0.3 is 5.97 Å². The summed E-state index contributed by atoms with van der Waals surface area (Å²) in [5.74, 6) is -0.725. The van der Waals surface area contributed by atoms with Crippen LogP contribution in [-0.4, -0.2) is 63.5 Å². The monoisotopic (exact) mass is 434 g/mol. The van der Waals surface area contributed by atoms with E-state index in [9.17, 15) is 14.4 Å². The quantitative estimate of drug-likeness (QED) is 0.558. The molecule has 30 heavy (non-hydrogen) atoms. The molecule has 162 valence electrons. The Morgan fingerprint density at radius 2 is 2.20 bits per heavy atom. The van der Waals surface area contributed by atoms with Crippen LogP contribution in [0.3, 0.4) is 0 Å². The van der Waals surface area contributed by atoms with Crippen LogP contribution < -0.4 is 0 Å². The van der Waals surface area contributed by atoms with Crippen LogP contribution >= 0.6 is 11.3 Å². The SMILES string of the molecule is CCCN(Cc1nnc(-c2cccs2)o1)C(=O)COC(=O)C1CC(=O)N(C(C)C)C1. The summed E-state index contributed by atoms with van der Waals surface area (Å²) in [5.41, 5.74) is 0. The first kappa shape index (κ1) is 21.9. The molecule has 2 amide bonds. The van der Waals surface area contributed by atoms with Gasteiger partial charge in [0.15, 0.2) is 6.61 Å². The average Bonchev–Trinajstić information content (AvgIpc) is 3.45. The highest BCUT2D eigenvalue weighted by Crippen LogP contribution is 2.24. The Hall–Kier alpha value is -2.75. The number of ether oxygens (including phenoxy) is 1. The third-order valence-electron chi connectivity index (χ3n) is 4.82. The van der Waals surface area contributed by atoms with E-state index in [-0.39, 0.29) is 37.4 Å². The first-order valence-electron chi connectivity index (χ1n) is 9.99. The van der Waals surface area contributed by atoms with Crippen LogP contribution in [0.15, 0.2) is 21.9 Å². The molecule has 0 saturated carbocycles. The third-order valence-corrected chi connectivity index (χ3v) is 5.68. The normalized spacial score (nSPS) is 16.3. The molecule has 3 rings (SSSR count). The molecule has 3 heterocycles. The summed E-state index contributed by atoms with van der Waals surface area (Å²) in [4.78, 5) is 40.9. The number of thiophene rings is 1. The summed E-state index contributed by atoms with van der Waals surface area (Å²) >= 11 is 1.49. The van der Waals surface area contributed by atoms with Crippen molar-refractivity contribution in [1.82, 2.24) is 20.0 Å². The number of hydrogen-bond acceptors (Lipinski definition) is 8. The maximum atomic E-state index is 12.6. The Morgan fingerprint density at radius 1 is 1.40 bits per heavy atom. The summed E-state index contributed by atoms with van der Waals surface area (Å²) in [6.45, 7) is 6.31.